The minimum Gasteiger partial charge on any atom is -0.461 e. The van der Waals surface area contributed by atoms with Crippen LogP contribution < -0.4 is 5.32 Å². The van der Waals surface area contributed by atoms with Gasteiger partial charge in [-0.3, -0.25) is 15.3 Å². The lowest BCUT2D eigenvalue weighted by molar-refractivity contribution is -0.325. The molecule has 1 atom stereocenters. The summed E-state index contributed by atoms with van der Waals surface area (Å²) in [5.74, 6) is -0.311. The van der Waals surface area contributed by atoms with Gasteiger partial charge in [0, 0.05) is 19.4 Å². The number of alkyl carbamates (subject to hydrolysis) is 1. The molecule has 2 aromatic carbocycles. The highest BCUT2D eigenvalue weighted by Crippen LogP contribution is 2.35. The number of carbonyl (C=O) groups excluding carboxylic acids is 2. The summed E-state index contributed by atoms with van der Waals surface area (Å²) in [6.07, 6.45) is -0.00153. The van der Waals surface area contributed by atoms with Crippen LogP contribution in [0.3, 0.4) is 0 Å². The second-order valence-corrected chi connectivity index (χ2v) is 8.91. The van der Waals surface area contributed by atoms with Crippen LogP contribution in [-0.4, -0.2) is 29.1 Å². The predicted octanol–water partition coefficient (Wildman–Crippen LogP) is 5.06. The van der Waals surface area contributed by atoms with Gasteiger partial charge in [0.1, 0.15) is 24.4 Å². The summed E-state index contributed by atoms with van der Waals surface area (Å²) in [5, 5.41) is 22.0. The normalized spacial score (nSPS) is 13.1. The summed E-state index contributed by atoms with van der Waals surface area (Å²) in [4.78, 5) is 32.8. The van der Waals surface area contributed by atoms with Gasteiger partial charge in [-0.25, -0.2) is 14.6 Å². The van der Waals surface area contributed by atoms with Crippen LogP contribution in [0.4, 0.5) is 4.79 Å². The molecule has 1 unspecified atom stereocenters. The molecule has 0 bridgehead atoms. The Morgan fingerprint density at radius 1 is 0.886 bits per heavy atom. The summed E-state index contributed by atoms with van der Waals surface area (Å²) >= 11 is 0. The second kappa shape index (κ2) is 12.6. The van der Waals surface area contributed by atoms with Crippen molar-refractivity contribution in [3.05, 3.63) is 70.3 Å². The molecule has 9 heteroatoms. The zero-order valence-corrected chi connectivity index (χ0v) is 20.9. The number of carbonyl (C=O) groups is 2. The lowest BCUT2D eigenvalue weighted by atomic mass is 9.83. The molecule has 0 saturated heterocycles. The summed E-state index contributed by atoms with van der Waals surface area (Å²) in [6, 6.07) is 12.6. The Morgan fingerprint density at radius 2 is 1.51 bits per heavy atom. The molecular weight excluding hydrogens is 454 g/mol. The molecule has 2 rings (SSSR count). The summed E-state index contributed by atoms with van der Waals surface area (Å²) in [7, 11) is 0. The predicted molar refractivity (Wildman–Crippen MR) is 128 cm³/mol. The van der Waals surface area contributed by atoms with E-state index >= 15 is 0 Å². The van der Waals surface area contributed by atoms with Crippen molar-refractivity contribution in [2.24, 2.45) is 0 Å². The van der Waals surface area contributed by atoms with Crippen LogP contribution in [0.2, 0.25) is 0 Å². The van der Waals surface area contributed by atoms with E-state index in [1.807, 2.05) is 6.07 Å². The molecule has 0 aliphatic heterocycles. The number of benzene rings is 2. The maximum atomic E-state index is 11.6. The topological polar surface area (TPSA) is 124 Å². The van der Waals surface area contributed by atoms with E-state index < -0.39 is 17.3 Å². The van der Waals surface area contributed by atoms with Crippen molar-refractivity contribution in [2.45, 2.75) is 71.9 Å². The second-order valence-electron chi connectivity index (χ2n) is 8.91. The Balaban J connectivity index is 2.32. The first-order valence-corrected chi connectivity index (χ1v) is 11.5. The highest BCUT2D eigenvalue weighted by atomic mass is 17.1. The van der Waals surface area contributed by atoms with Gasteiger partial charge in [-0.1, -0.05) is 49.4 Å². The van der Waals surface area contributed by atoms with Crippen LogP contribution >= 0.6 is 0 Å². The molecule has 3 N–H and O–H groups in total. The lowest BCUT2D eigenvalue weighted by Gasteiger charge is -2.31. The van der Waals surface area contributed by atoms with E-state index in [1.54, 1.807) is 71.0 Å². The Bertz CT molecular complexity index is 989. The quantitative estimate of drug-likeness (QED) is 0.215. The number of hydrogen-bond donors (Lipinski definition) is 3. The largest absolute Gasteiger partial charge is 0.461 e. The zero-order valence-electron chi connectivity index (χ0n) is 20.9. The van der Waals surface area contributed by atoms with Crippen molar-refractivity contribution < 1.29 is 39.4 Å². The number of ether oxygens (including phenoxy) is 2. The van der Waals surface area contributed by atoms with Gasteiger partial charge in [0.25, 0.3) is 0 Å². The fraction of sp³-hybridized carbons (Fsp3) is 0.462. The van der Waals surface area contributed by atoms with Gasteiger partial charge in [0.2, 0.25) is 0 Å². The first kappa shape index (κ1) is 28.3. The summed E-state index contributed by atoms with van der Waals surface area (Å²) in [5.41, 5.74) is 1.42. The third kappa shape index (κ3) is 7.76. The SMILES string of the molecule is CCNC(=O)OCc1ccc(C(C)(Cc2cc(COC(=O)CC)ccc2C(C)(C)OO)OO)cc1. The first-order valence-electron chi connectivity index (χ1n) is 11.5. The van der Waals surface area contributed by atoms with Gasteiger partial charge in [-0.2, -0.15) is 0 Å². The van der Waals surface area contributed by atoms with Gasteiger partial charge in [-0.15, -0.1) is 0 Å². The van der Waals surface area contributed by atoms with Crippen molar-refractivity contribution in [3.8, 4) is 0 Å². The monoisotopic (exact) mass is 489 g/mol. The molecule has 0 saturated carbocycles. The van der Waals surface area contributed by atoms with E-state index in [4.69, 9.17) is 19.2 Å². The third-order valence-corrected chi connectivity index (χ3v) is 5.72. The molecule has 0 spiro atoms. The molecule has 1 amide bonds. The Kier molecular flexibility index (Phi) is 10.2. The van der Waals surface area contributed by atoms with Gasteiger partial charge >= 0.3 is 12.1 Å². The zero-order chi connectivity index (χ0) is 26.1. The molecule has 192 valence electrons. The van der Waals surface area contributed by atoms with E-state index in [2.05, 4.69) is 5.32 Å². The Labute approximate surface area is 205 Å². The van der Waals surface area contributed by atoms with Crippen LogP contribution in [0, 0.1) is 0 Å². The molecule has 0 heterocycles. The molecule has 0 aliphatic rings. The van der Waals surface area contributed by atoms with Crippen LogP contribution in [0.15, 0.2) is 42.5 Å². The fourth-order valence-electron chi connectivity index (χ4n) is 3.63. The van der Waals surface area contributed by atoms with Gasteiger partial charge in [-0.05, 0) is 55.5 Å². The average Bonchev–Trinajstić information content (AvgIpc) is 2.86. The smallest absolute Gasteiger partial charge is 0.407 e. The van der Waals surface area contributed by atoms with Crippen LogP contribution in [0.5, 0.6) is 0 Å². The third-order valence-electron chi connectivity index (χ3n) is 5.72. The maximum absolute atomic E-state index is 11.6. The van der Waals surface area contributed by atoms with E-state index in [0.29, 0.717) is 17.7 Å². The van der Waals surface area contributed by atoms with Crippen molar-refractivity contribution >= 4 is 12.1 Å². The standard InChI is InChI=1S/C26H35NO8/c1-6-23(28)32-17-19-10-13-22(25(3,4)34-30)20(14-19)15-26(5,35-31)21-11-8-18(9-12-21)16-33-24(29)27-7-2/h8-14,30-31H,6-7,15-17H2,1-5H3,(H,27,29). The highest BCUT2D eigenvalue weighted by molar-refractivity contribution is 5.68. The first-order chi connectivity index (χ1) is 16.6. The van der Waals surface area contributed by atoms with E-state index in [0.717, 1.165) is 16.7 Å². The average molecular weight is 490 g/mol. The van der Waals surface area contributed by atoms with E-state index in [-0.39, 0.29) is 32.0 Å². The number of rotatable bonds is 12. The van der Waals surface area contributed by atoms with E-state index in [9.17, 15) is 20.1 Å². The minimum absolute atomic E-state index is 0.0946. The van der Waals surface area contributed by atoms with Crippen LogP contribution in [0.25, 0.3) is 0 Å². The Hall–Kier alpha value is -2.98. The number of hydrogen-bond acceptors (Lipinski definition) is 8. The highest BCUT2D eigenvalue weighted by Gasteiger charge is 2.33. The van der Waals surface area contributed by atoms with Crippen LogP contribution in [0.1, 0.15) is 68.9 Å². The molecule has 35 heavy (non-hydrogen) atoms. The molecule has 0 radical (unpaired) electrons. The Morgan fingerprint density at radius 3 is 2.09 bits per heavy atom. The lowest BCUT2D eigenvalue weighted by Crippen LogP contribution is -2.30. The van der Waals surface area contributed by atoms with Crippen molar-refractivity contribution in [3.63, 3.8) is 0 Å². The summed E-state index contributed by atoms with van der Waals surface area (Å²) in [6.45, 7) is 9.36. The van der Waals surface area contributed by atoms with Gasteiger partial charge in [0.05, 0.1) is 0 Å². The molecule has 9 nitrogen and oxygen atoms in total. The number of amides is 1. The number of esters is 1. The van der Waals surface area contributed by atoms with Crippen molar-refractivity contribution in [1.29, 1.82) is 0 Å². The molecule has 0 aliphatic carbocycles. The van der Waals surface area contributed by atoms with Crippen molar-refractivity contribution in [2.75, 3.05) is 6.54 Å². The van der Waals surface area contributed by atoms with Crippen LogP contribution in [-0.2, 0) is 54.9 Å². The van der Waals surface area contributed by atoms with Gasteiger partial charge < -0.3 is 14.8 Å². The minimum atomic E-state index is -1.15. The van der Waals surface area contributed by atoms with Gasteiger partial charge in [0.15, 0.2) is 0 Å². The summed E-state index contributed by atoms with van der Waals surface area (Å²) < 4.78 is 10.4. The van der Waals surface area contributed by atoms with Crippen molar-refractivity contribution in [1.82, 2.24) is 5.32 Å². The molecule has 2 aromatic rings. The molecular formula is C26H35NO8. The van der Waals surface area contributed by atoms with E-state index in [1.165, 1.54) is 0 Å². The fourth-order valence-corrected chi connectivity index (χ4v) is 3.63. The molecule has 0 fully saturated rings. The number of nitrogens with one attached hydrogen (secondary N) is 1. The maximum Gasteiger partial charge on any atom is 0.407 e. The molecule has 0 aromatic heterocycles.